The normalized spacial score (nSPS) is 22.4. The first-order chi connectivity index (χ1) is 9.52. The van der Waals surface area contributed by atoms with Crippen LogP contribution >= 0.6 is 11.8 Å². The fourth-order valence-corrected chi connectivity index (χ4v) is 3.15. The zero-order chi connectivity index (χ0) is 14.7. The molecule has 1 aliphatic rings. The third-order valence-electron chi connectivity index (χ3n) is 3.26. The molecule has 2 rings (SSSR count). The van der Waals surface area contributed by atoms with Crippen LogP contribution in [0.25, 0.3) is 0 Å². The standard InChI is InChI=1S/C12H15N5O2S/c1-8-3-9(2)5-16(4-8)11-10(17(18)19)12(20-6-13)15-7-14-11/h7-9H,3-5H2,1-2H3. The number of rotatable bonds is 3. The Morgan fingerprint density at radius 2 is 2.10 bits per heavy atom. The average Bonchev–Trinajstić information content (AvgIpc) is 2.37. The van der Waals surface area contributed by atoms with Crippen molar-refractivity contribution in [2.75, 3.05) is 18.0 Å². The van der Waals surface area contributed by atoms with Crippen LogP contribution in [0.5, 0.6) is 0 Å². The first kappa shape index (κ1) is 14.5. The van der Waals surface area contributed by atoms with Crippen LogP contribution in [0.2, 0.25) is 0 Å². The quantitative estimate of drug-likeness (QED) is 0.277. The Hall–Kier alpha value is -1.88. The molecule has 0 spiro atoms. The van der Waals surface area contributed by atoms with E-state index in [1.807, 2.05) is 10.3 Å². The molecule has 8 heteroatoms. The highest BCUT2D eigenvalue weighted by atomic mass is 32.2. The molecule has 0 radical (unpaired) electrons. The Morgan fingerprint density at radius 1 is 1.45 bits per heavy atom. The zero-order valence-electron chi connectivity index (χ0n) is 11.3. The van der Waals surface area contributed by atoms with Crippen molar-refractivity contribution >= 4 is 23.3 Å². The summed E-state index contributed by atoms with van der Waals surface area (Å²) in [5.41, 5.74) is -0.166. The van der Waals surface area contributed by atoms with Gasteiger partial charge in [0.25, 0.3) is 0 Å². The molecule has 0 aromatic carbocycles. The topological polar surface area (TPSA) is 96.0 Å². The summed E-state index contributed by atoms with van der Waals surface area (Å²) in [5.74, 6) is 1.24. The summed E-state index contributed by atoms with van der Waals surface area (Å²) in [5, 5.41) is 22.0. The first-order valence-electron chi connectivity index (χ1n) is 6.33. The SMILES string of the molecule is CC1CC(C)CN(c2ncnc(SC#N)c2[N+](=O)[O-])C1. The van der Waals surface area contributed by atoms with Gasteiger partial charge in [-0.2, -0.15) is 5.26 Å². The number of anilines is 1. The molecular formula is C12H15N5O2S. The van der Waals surface area contributed by atoms with Crippen molar-refractivity contribution in [2.45, 2.75) is 25.3 Å². The number of thioether (sulfide) groups is 1. The lowest BCUT2D eigenvalue weighted by Crippen LogP contribution is -2.39. The second kappa shape index (κ2) is 6.05. The minimum Gasteiger partial charge on any atom is -0.350 e. The molecule has 2 unspecified atom stereocenters. The lowest BCUT2D eigenvalue weighted by Gasteiger charge is -2.35. The number of nitriles is 1. The molecule has 7 nitrogen and oxygen atoms in total. The second-order valence-corrected chi connectivity index (χ2v) is 5.93. The highest BCUT2D eigenvalue weighted by molar-refractivity contribution is 8.03. The van der Waals surface area contributed by atoms with Crippen LogP contribution in [-0.2, 0) is 0 Å². The predicted molar refractivity (Wildman–Crippen MR) is 75.3 cm³/mol. The molecule has 106 valence electrons. The van der Waals surface area contributed by atoms with Gasteiger partial charge in [0.2, 0.25) is 5.82 Å². The minimum atomic E-state index is -0.501. The predicted octanol–water partition coefficient (Wildman–Crippen LogP) is 2.44. The average molecular weight is 293 g/mol. The van der Waals surface area contributed by atoms with Gasteiger partial charge < -0.3 is 4.90 Å². The maximum absolute atomic E-state index is 11.3. The number of hydrogen-bond donors (Lipinski definition) is 0. The fraction of sp³-hybridized carbons (Fsp3) is 0.583. The van der Waals surface area contributed by atoms with Gasteiger partial charge in [-0.15, -0.1) is 0 Å². The van der Waals surface area contributed by atoms with Crippen molar-refractivity contribution in [3.63, 3.8) is 0 Å². The van der Waals surface area contributed by atoms with Gasteiger partial charge >= 0.3 is 5.69 Å². The van der Waals surface area contributed by atoms with Crippen LogP contribution in [0.4, 0.5) is 11.5 Å². The van der Waals surface area contributed by atoms with E-state index in [1.54, 1.807) is 0 Å². The van der Waals surface area contributed by atoms with Crippen LogP contribution in [0.3, 0.4) is 0 Å². The third-order valence-corrected chi connectivity index (χ3v) is 3.85. The molecule has 20 heavy (non-hydrogen) atoms. The van der Waals surface area contributed by atoms with E-state index in [0.29, 0.717) is 29.4 Å². The van der Waals surface area contributed by atoms with Crippen molar-refractivity contribution in [3.05, 3.63) is 16.4 Å². The van der Waals surface area contributed by atoms with Crippen LogP contribution < -0.4 is 4.90 Å². The van der Waals surface area contributed by atoms with E-state index in [2.05, 4.69) is 23.8 Å². The van der Waals surface area contributed by atoms with Crippen molar-refractivity contribution in [2.24, 2.45) is 11.8 Å². The number of nitrogens with zero attached hydrogens (tertiary/aromatic N) is 5. The zero-order valence-corrected chi connectivity index (χ0v) is 12.1. The molecule has 2 heterocycles. The van der Waals surface area contributed by atoms with Gasteiger partial charge in [-0.1, -0.05) is 13.8 Å². The van der Waals surface area contributed by atoms with Crippen LogP contribution in [-0.4, -0.2) is 28.0 Å². The summed E-state index contributed by atoms with van der Waals surface area (Å²) >= 11 is 0.696. The Balaban J connectivity index is 2.43. The summed E-state index contributed by atoms with van der Waals surface area (Å²) in [6.45, 7) is 5.72. The lowest BCUT2D eigenvalue weighted by atomic mass is 9.92. The van der Waals surface area contributed by atoms with Crippen LogP contribution in [0.1, 0.15) is 20.3 Å². The number of thiocyanates is 1. The minimum absolute atomic E-state index is 0.105. The van der Waals surface area contributed by atoms with Gasteiger partial charge in [-0.3, -0.25) is 10.1 Å². The van der Waals surface area contributed by atoms with Gasteiger partial charge in [0.15, 0.2) is 5.03 Å². The van der Waals surface area contributed by atoms with Crippen LogP contribution in [0, 0.1) is 32.6 Å². The molecule has 0 aliphatic carbocycles. The Kier molecular flexibility index (Phi) is 4.39. The molecule has 0 bridgehead atoms. The first-order valence-corrected chi connectivity index (χ1v) is 7.14. The lowest BCUT2D eigenvalue weighted by molar-refractivity contribution is -0.387. The van der Waals surface area contributed by atoms with Crippen molar-refractivity contribution < 1.29 is 4.92 Å². The largest absolute Gasteiger partial charge is 0.350 e. The maximum Gasteiger partial charge on any atom is 0.344 e. The van der Waals surface area contributed by atoms with Gasteiger partial charge in [0.05, 0.1) is 4.92 Å². The Morgan fingerprint density at radius 3 is 2.65 bits per heavy atom. The summed E-state index contributed by atoms with van der Waals surface area (Å²) in [6.07, 6.45) is 2.39. The highest BCUT2D eigenvalue weighted by Crippen LogP contribution is 2.36. The van der Waals surface area contributed by atoms with E-state index < -0.39 is 4.92 Å². The summed E-state index contributed by atoms with van der Waals surface area (Å²) in [4.78, 5) is 20.7. The molecular weight excluding hydrogens is 278 g/mol. The maximum atomic E-state index is 11.3. The summed E-state index contributed by atoms with van der Waals surface area (Å²) < 4.78 is 0. The highest BCUT2D eigenvalue weighted by Gasteiger charge is 2.31. The van der Waals surface area contributed by atoms with Gasteiger partial charge in [-0.05, 0) is 18.3 Å². The van der Waals surface area contributed by atoms with Gasteiger partial charge in [0, 0.05) is 24.9 Å². The third kappa shape index (κ3) is 2.99. The number of piperidine rings is 1. The number of aromatic nitrogens is 2. The van der Waals surface area contributed by atoms with E-state index >= 15 is 0 Å². The molecule has 1 aliphatic heterocycles. The second-order valence-electron chi connectivity index (χ2n) is 5.15. The summed E-state index contributed by atoms with van der Waals surface area (Å²) in [7, 11) is 0. The molecule has 1 aromatic rings. The van der Waals surface area contributed by atoms with E-state index in [9.17, 15) is 10.1 Å². The molecule has 1 fully saturated rings. The molecule has 2 atom stereocenters. The van der Waals surface area contributed by atoms with Crippen molar-refractivity contribution in [3.8, 4) is 5.40 Å². The molecule has 1 saturated heterocycles. The van der Waals surface area contributed by atoms with E-state index in [4.69, 9.17) is 5.26 Å². The molecule has 0 saturated carbocycles. The van der Waals surface area contributed by atoms with Crippen molar-refractivity contribution in [1.29, 1.82) is 5.26 Å². The van der Waals surface area contributed by atoms with E-state index in [0.717, 1.165) is 19.5 Å². The Labute approximate surface area is 121 Å². The van der Waals surface area contributed by atoms with E-state index in [-0.39, 0.29) is 10.7 Å². The van der Waals surface area contributed by atoms with Crippen molar-refractivity contribution in [1.82, 2.24) is 9.97 Å². The van der Waals surface area contributed by atoms with E-state index in [1.165, 1.54) is 6.33 Å². The van der Waals surface area contributed by atoms with Gasteiger partial charge in [-0.25, -0.2) is 9.97 Å². The smallest absolute Gasteiger partial charge is 0.344 e. The number of hydrogen-bond acceptors (Lipinski definition) is 7. The van der Waals surface area contributed by atoms with Crippen LogP contribution in [0.15, 0.2) is 11.4 Å². The molecule has 0 amide bonds. The molecule has 1 aromatic heterocycles. The number of nitro groups is 1. The monoisotopic (exact) mass is 293 g/mol. The summed E-state index contributed by atoms with van der Waals surface area (Å²) in [6, 6.07) is 0. The fourth-order valence-electron chi connectivity index (χ4n) is 2.70. The van der Waals surface area contributed by atoms with Gasteiger partial charge in [0.1, 0.15) is 11.7 Å². The molecule has 0 N–H and O–H groups in total. The Bertz CT molecular complexity index is 549.